The maximum absolute atomic E-state index is 3.55. The van der Waals surface area contributed by atoms with E-state index in [-0.39, 0.29) is 0 Å². The summed E-state index contributed by atoms with van der Waals surface area (Å²) >= 11 is 7.08. The Kier molecular flexibility index (Phi) is 4.24. The summed E-state index contributed by atoms with van der Waals surface area (Å²) in [5.74, 6) is 0. The molecular weight excluding hydrogens is 342 g/mol. The number of anilines is 1. The van der Waals surface area contributed by atoms with E-state index in [4.69, 9.17) is 0 Å². The summed E-state index contributed by atoms with van der Waals surface area (Å²) < 4.78 is 2.27. The maximum Gasteiger partial charge on any atom is 0.0411 e. The fourth-order valence-corrected chi connectivity index (χ4v) is 2.35. The third-order valence-corrected chi connectivity index (χ3v) is 4.24. The minimum atomic E-state index is 0.816. The third-order valence-electron chi connectivity index (χ3n) is 2.61. The van der Waals surface area contributed by atoms with Gasteiger partial charge in [0.1, 0.15) is 0 Å². The molecule has 0 saturated carbocycles. The van der Waals surface area contributed by atoms with Crippen LogP contribution in [0.15, 0.2) is 51.4 Å². The van der Waals surface area contributed by atoms with Gasteiger partial charge in [-0.2, -0.15) is 0 Å². The van der Waals surface area contributed by atoms with Gasteiger partial charge in [-0.25, -0.2) is 0 Å². The Hall–Kier alpha value is -0.800. The molecule has 17 heavy (non-hydrogen) atoms. The Labute approximate surface area is 119 Å². The number of benzene rings is 2. The molecule has 2 aromatic carbocycles. The highest BCUT2D eigenvalue weighted by atomic mass is 79.9. The Bertz CT molecular complexity index is 523. The van der Waals surface area contributed by atoms with Crippen molar-refractivity contribution in [1.82, 2.24) is 0 Å². The van der Waals surface area contributed by atoms with Crippen molar-refractivity contribution in [3.05, 3.63) is 62.5 Å². The van der Waals surface area contributed by atoms with Crippen LogP contribution in [0.4, 0.5) is 5.69 Å². The molecule has 88 valence electrons. The van der Waals surface area contributed by atoms with Crippen molar-refractivity contribution < 1.29 is 0 Å². The van der Waals surface area contributed by atoms with Gasteiger partial charge in [0.05, 0.1) is 0 Å². The second-order valence-electron chi connectivity index (χ2n) is 3.91. The van der Waals surface area contributed by atoms with E-state index >= 15 is 0 Å². The molecule has 0 heterocycles. The Balaban J connectivity index is 2.08. The standard InChI is InChI=1S/C14H13Br2N/c1-10-6-7-12(8-14(10)16)17-9-11-4-2-3-5-13(11)15/h2-8,17H,9H2,1H3. The number of hydrogen-bond donors (Lipinski definition) is 1. The fourth-order valence-electron chi connectivity index (χ4n) is 1.54. The second kappa shape index (κ2) is 5.69. The van der Waals surface area contributed by atoms with E-state index in [0.29, 0.717) is 0 Å². The number of nitrogens with one attached hydrogen (secondary N) is 1. The average Bonchev–Trinajstić information content (AvgIpc) is 2.32. The van der Waals surface area contributed by atoms with Gasteiger partial charge >= 0.3 is 0 Å². The van der Waals surface area contributed by atoms with Gasteiger partial charge in [-0.1, -0.05) is 56.1 Å². The lowest BCUT2D eigenvalue weighted by Crippen LogP contribution is -2.00. The van der Waals surface area contributed by atoms with Gasteiger partial charge in [-0.15, -0.1) is 0 Å². The molecule has 0 aliphatic rings. The van der Waals surface area contributed by atoms with E-state index < -0.39 is 0 Å². The first-order chi connectivity index (χ1) is 8.16. The molecule has 0 aliphatic heterocycles. The first kappa shape index (κ1) is 12.7. The van der Waals surface area contributed by atoms with E-state index in [1.807, 2.05) is 12.1 Å². The highest BCUT2D eigenvalue weighted by Gasteiger charge is 2.00. The van der Waals surface area contributed by atoms with Crippen molar-refractivity contribution in [2.45, 2.75) is 13.5 Å². The largest absolute Gasteiger partial charge is 0.381 e. The van der Waals surface area contributed by atoms with Gasteiger partial charge < -0.3 is 5.32 Å². The highest BCUT2D eigenvalue weighted by Crippen LogP contribution is 2.22. The van der Waals surface area contributed by atoms with Crippen LogP contribution in [-0.4, -0.2) is 0 Å². The zero-order chi connectivity index (χ0) is 12.3. The van der Waals surface area contributed by atoms with Gasteiger partial charge in [-0.3, -0.25) is 0 Å². The first-order valence-corrected chi connectivity index (χ1v) is 6.99. The lowest BCUT2D eigenvalue weighted by Gasteiger charge is -2.09. The zero-order valence-electron chi connectivity index (χ0n) is 9.50. The van der Waals surface area contributed by atoms with Gasteiger partial charge in [-0.05, 0) is 36.2 Å². The summed E-state index contributed by atoms with van der Waals surface area (Å²) in [5.41, 5.74) is 3.62. The minimum Gasteiger partial charge on any atom is -0.381 e. The lowest BCUT2D eigenvalue weighted by molar-refractivity contribution is 1.13. The molecule has 0 fully saturated rings. The fraction of sp³-hybridized carbons (Fsp3) is 0.143. The van der Waals surface area contributed by atoms with Crippen LogP contribution in [0.1, 0.15) is 11.1 Å². The highest BCUT2D eigenvalue weighted by molar-refractivity contribution is 9.10. The topological polar surface area (TPSA) is 12.0 Å². The normalized spacial score (nSPS) is 10.3. The van der Waals surface area contributed by atoms with Crippen molar-refractivity contribution in [1.29, 1.82) is 0 Å². The van der Waals surface area contributed by atoms with Crippen LogP contribution in [0.2, 0.25) is 0 Å². The molecule has 1 nitrogen and oxygen atoms in total. The molecule has 0 amide bonds. The quantitative estimate of drug-likeness (QED) is 0.805. The summed E-state index contributed by atoms with van der Waals surface area (Å²) in [6.07, 6.45) is 0. The van der Waals surface area contributed by atoms with Crippen LogP contribution in [0.5, 0.6) is 0 Å². The van der Waals surface area contributed by atoms with Gasteiger partial charge in [0.15, 0.2) is 0 Å². The Morgan fingerprint density at radius 3 is 2.47 bits per heavy atom. The third kappa shape index (κ3) is 3.33. The summed E-state index contributed by atoms with van der Waals surface area (Å²) in [6, 6.07) is 14.5. The summed E-state index contributed by atoms with van der Waals surface area (Å²) in [5, 5.41) is 3.41. The summed E-state index contributed by atoms with van der Waals surface area (Å²) in [7, 11) is 0. The molecule has 3 heteroatoms. The van der Waals surface area contributed by atoms with Crippen LogP contribution in [0.3, 0.4) is 0 Å². The van der Waals surface area contributed by atoms with Crippen molar-refractivity contribution in [2.24, 2.45) is 0 Å². The average molecular weight is 355 g/mol. The number of aryl methyl sites for hydroxylation is 1. The number of rotatable bonds is 3. The first-order valence-electron chi connectivity index (χ1n) is 5.40. The molecule has 0 spiro atoms. The minimum absolute atomic E-state index is 0.816. The SMILES string of the molecule is Cc1ccc(NCc2ccccc2Br)cc1Br. The van der Waals surface area contributed by atoms with Gasteiger partial charge in [0.25, 0.3) is 0 Å². The predicted octanol–water partition coefficient (Wildman–Crippen LogP) is 5.13. The molecule has 0 saturated heterocycles. The maximum atomic E-state index is 3.55. The monoisotopic (exact) mass is 353 g/mol. The van der Waals surface area contributed by atoms with Crippen LogP contribution in [0.25, 0.3) is 0 Å². The molecule has 2 aromatic rings. The van der Waals surface area contributed by atoms with Crippen molar-refractivity contribution >= 4 is 37.5 Å². The molecule has 1 N–H and O–H groups in total. The molecule has 0 radical (unpaired) electrons. The summed E-state index contributed by atoms with van der Waals surface area (Å²) in [4.78, 5) is 0. The molecular formula is C14H13Br2N. The lowest BCUT2D eigenvalue weighted by atomic mass is 10.2. The predicted molar refractivity (Wildman–Crippen MR) is 80.3 cm³/mol. The molecule has 2 rings (SSSR count). The Morgan fingerprint density at radius 2 is 1.76 bits per heavy atom. The van der Waals surface area contributed by atoms with Crippen LogP contribution >= 0.6 is 31.9 Å². The van der Waals surface area contributed by atoms with Crippen molar-refractivity contribution in [3.8, 4) is 0 Å². The Morgan fingerprint density at radius 1 is 1.00 bits per heavy atom. The molecule has 0 aliphatic carbocycles. The zero-order valence-corrected chi connectivity index (χ0v) is 12.7. The molecule has 0 unspecified atom stereocenters. The molecule has 0 bridgehead atoms. The number of halogens is 2. The van der Waals surface area contributed by atoms with Crippen molar-refractivity contribution in [2.75, 3.05) is 5.32 Å². The molecule has 0 atom stereocenters. The van der Waals surface area contributed by atoms with Crippen LogP contribution in [-0.2, 0) is 6.54 Å². The van der Waals surface area contributed by atoms with E-state index in [2.05, 4.69) is 74.4 Å². The summed E-state index contributed by atoms with van der Waals surface area (Å²) in [6.45, 7) is 2.90. The van der Waals surface area contributed by atoms with E-state index in [1.54, 1.807) is 0 Å². The van der Waals surface area contributed by atoms with Crippen molar-refractivity contribution in [3.63, 3.8) is 0 Å². The van der Waals surface area contributed by atoms with Crippen LogP contribution in [0, 0.1) is 6.92 Å². The van der Waals surface area contributed by atoms with E-state index in [1.165, 1.54) is 11.1 Å². The van der Waals surface area contributed by atoms with Gasteiger partial charge in [0, 0.05) is 21.2 Å². The second-order valence-corrected chi connectivity index (χ2v) is 5.62. The smallest absolute Gasteiger partial charge is 0.0411 e. The van der Waals surface area contributed by atoms with Crippen LogP contribution < -0.4 is 5.32 Å². The van der Waals surface area contributed by atoms with E-state index in [9.17, 15) is 0 Å². The molecule has 0 aromatic heterocycles. The number of hydrogen-bond acceptors (Lipinski definition) is 1. The van der Waals surface area contributed by atoms with Gasteiger partial charge in [0.2, 0.25) is 0 Å². The van der Waals surface area contributed by atoms with E-state index in [0.717, 1.165) is 21.2 Å².